The lowest BCUT2D eigenvalue weighted by Gasteiger charge is -2.33. The molecule has 1 aromatic heterocycles. The molecule has 4 rings (SSSR count). The van der Waals surface area contributed by atoms with Crippen LogP contribution in [0.1, 0.15) is 10.4 Å². The van der Waals surface area contributed by atoms with Gasteiger partial charge in [0.2, 0.25) is 0 Å². The van der Waals surface area contributed by atoms with Crippen molar-refractivity contribution in [2.75, 3.05) is 33.2 Å². The normalized spacial score (nSPS) is 14.8. The van der Waals surface area contributed by atoms with Gasteiger partial charge in [-0.3, -0.25) is 10.1 Å². The summed E-state index contributed by atoms with van der Waals surface area (Å²) in [6, 6.07) is 16.9. The lowest BCUT2D eigenvalue weighted by Crippen LogP contribution is -2.51. The third kappa shape index (κ3) is 4.24. The molecule has 1 saturated heterocycles. The minimum atomic E-state index is -0.235. The van der Waals surface area contributed by atoms with E-state index in [-0.39, 0.29) is 5.91 Å². The zero-order chi connectivity index (χ0) is 20.4. The number of aromatic nitrogens is 1. The van der Waals surface area contributed by atoms with Gasteiger partial charge >= 0.3 is 0 Å². The van der Waals surface area contributed by atoms with E-state index in [0.717, 1.165) is 42.6 Å². The van der Waals surface area contributed by atoms with Crippen LogP contribution in [-0.2, 0) is 0 Å². The van der Waals surface area contributed by atoms with E-state index >= 15 is 0 Å². The topological polar surface area (TPSA) is 48.5 Å². The molecule has 1 aliphatic heterocycles. The van der Waals surface area contributed by atoms with Crippen LogP contribution in [-0.4, -0.2) is 59.0 Å². The minimum Gasteiger partial charge on any atom is -0.346 e. The Hall–Kier alpha value is -2.54. The lowest BCUT2D eigenvalue weighted by molar-refractivity contribution is 0.0972. The molecule has 0 spiro atoms. The second-order valence-electron chi connectivity index (χ2n) is 7.10. The van der Waals surface area contributed by atoms with Crippen molar-refractivity contribution in [3.8, 4) is 11.3 Å². The minimum absolute atomic E-state index is 0.235. The highest BCUT2D eigenvalue weighted by atomic mass is 35.5. The van der Waals surface area contributed by atoms with Crippen LogP contribution in [0.5, 0.6) is 0 Å². The Kier molecular flexibility index (Phi) is 5.76. The van der Waals surface area contributed by atoms with E-state index < -0.39 is 0 Å². The first-order chi connectivity index (χ1) is 14.0. The molecule has 1 aliphatic rings. The van der Waals surface area contributed by atoms with Gasteiger partial charge in [-0.2, -0.15) is 0 Å². The van der Waals surface area contributed by atoms with Crippen LogP contribution >= 0.6 is 23.8 Å². The van der Waals surface area contributed by atoms with E-state index in [4.69, 9.17) is 28.8 Å². The van der Waals surface area contributed by atoms with Crippen molar-refractivity contribution in [3.63, 3.8) is 0 Å². The Bertz CT molecular complexity index is 1080. The summed E-state index contributed by atoms with van der Waals surface area (Å²) in [6.45, 7) is 3.45. The van der Waals surface area contributed by atoms with Gasteiger partial charge in [-0.25, -0.2) is 4.98 Å². The molecule has 1 N–H and O–H groups in total. The number of pyridine rings is 1. The second kappa shape index (κ2) is 8.45. The molecule has 0 aliphatic carbocycles. The first-order valence-corrected chi connectivity index (χ1v) is 10.2. The third-order valence-corrected chi connectivity index (χ3v) is 5.81. The SMILES string of the molecule is CN1CCN(C(=S)NC(=O)c2cc(-c3ccccc3Cl)nc3ccccc23)CC1. The van der Waals surface area contributed by atoms with E-state index in [1.165, 1.54) is 0 Å². The molecular weight excluding hydrogens is 404 g/mol. The van der Waals surface area contributed by atoms with Gasteiger partial charge in [0.25, 0.3) is 5.91 Å². The predicted molar refractivity (Wildman–Crippen MR) is 121 cm³/mol. The maximum absolute atomic E-state index is 13.1. The number of thiocarbonyl (C=S) groups is 1. The molecule has 0 radical (unpaired) electrons. The highest BCUT2D eigenvalue weighted by Crippen LogP contribution is 2.29. The molecule has 29 heavy (non-hydrogen) atoms. The predicted octanol–water partition coefficient (Wildman–Crippen LogP) is 3.82. The van der Waals surface area contributed by atoms with Gasteiger partial charge in [-0.1, -0.05) is 48.0 Å². The molecule has 148 valence electrons. The van der Waals surface area contributed by atoms with Crippen molar-refractivity contribution < 1.29 is 4.79 Å². The summed E-state index contributed by atoms with van der Waals surface area (Å²) in [5, 5.41) is 4.74. The third-order valence-electron chi connectivity index (χ3n) is 5.12. The Morgan fingerprint density at radius 2 is 1.76 bits per heavy atom. The van der Waals surface area contributed by atoms with Crippen LogP contribution in [0.4, 0.5) is 0 Å². The van der Waals surface area contributed by atoms with Crippen molar-refractivity contribution in [1.29, 1.82) is 0 Å². The summed E-state index contributed by atoms with van der Waals surface area (Å²) in [5.41, 5.74) is 2.71. The average Bonchev–Trinajstić information content (AvgIpc) is 2.73. The number of hydrogen-bond donors (Lipinski definition) is 1. The van der Waals surface area contributed by atoms with Gasteiger partial charge in [0.05, 0.1) is 16.8 Å². The summed E-state index contributed by atoms with van der Waals surface area (Å²) < 4.78 is 0. The number of fused-ring (bicyclic) bond motifs is 1. The highest BCUT2D eigenvalue weighted by Gasteiger charge is 2.20. The number of likely N-dealkylation sites (N-methyl/N-ethyl adjacent to an activating group) is 1. The number of nitrogens with zero attached hydrogens (tertiary/aromatic N) is 3. The number of halogens is 1. The standard InChI is InChI=1S/C22H21ClN4OS/c1-26-10-12-27(13-11-26)22(29)25-21(28)17-14-20(16-7-2-4-8-18(16)23)24-19-9-5-3-6-15(17)19/h2-9,14H,10-13H2,1H3,(H,25,28,29). The summed E-state index contributed by atoms with van der Waals surface area (Å²) >= 11 is 11.9. The fourth-order valence-corrected chi connectivity index (χ4v) is 3.93. The maximum Gasteiger partial charge on any atom is 0.258 e. The maximum atomic E-state index is 13.1. The van der Waals surface area contributed by atoms with E-state index in [1.54, 1.807) is 6.07 Å². The number of benzene rings is 2. The Labute approximate surface area is 180 Å². The fraction of sp³-hybridized carbons (Fsp3) is 0.227. The van der Waals surface area contributed by atoms with Crippen molar-refractivity contribution in [3.05, 3.63) is 65.2 Å². The van der Waals surface area contributed by atoms with Crippen LogP contribution in [0.15, 0.2) is 54.6 Å². The zero-order valence-electron chi connectivity index (χ0n) is 16.1. The summed E-state index contributed by atoms with van der Waals surface area (Å²) in [6.07, 6.45) is 0. The molecular formula is C22H21ClN4OS. The van der Waals surface area contributed by atoms with Gasteiger partial charge in [0.1, 0.15) is 0 Å². The Morgan fingerprint density at radius 1 is 1.07 bits per heavy atom. The molecule has 2 heterocycles. The largest absolute Gasteiger partial charge is 0.346 e. The van der Waals surface area contributed by atoms with Gasteiger partial charge in [-0.15, -0.1) is 0 Å². The van der Waals surface area contributed by atoms with Gasteiger partial charge in [0.15, 0.2) is 5.11 Å². The zero-order valence-corrected chi connectivity index (χ0v) is 17.6. The quantitative estimate of drug-likeness (QED) is 0.634. The molecule has 3 aromatic rings. The number of piperazine rings is 1. The van der Waals surface area contributed by atoms with Crippen LogP contribution in [0.3, 0.4) is 0 Å². The second-order valence-corrected chi connectivity index (χ2v) is 7.90. The monoisotopic (exact) mass is 424 g/mol. The van der Waals surface area contributed by atoms with Crippen molar-refractivity contribution >= 4 is 45.7 Å². The van der Waals surface area contributed by atoms with Crippen molar-refractivity contribution in [2.45, 2.75) is 0 Å². The van der Waals surface area contributed by atoms with Crippen LogP contribution in [0.25, 0.3) is 22.2 Å². The fourth-order valence-electron chi connectivity index (χ4n) is 3.42. The smallest absolute Gasteiger partial charge is 0.258 e. The van der Waals surface area contributed by atoms with Gasteiger partial charge < -0.3 is 9.80 Å². The number of amides is 1. The molecule has 7 heteroatoms. The number of hydrogen-bond acceptors (Lipinski definition) is 4. The Morgan fingerprint density at radius 3 is 2.52 bits per heavy atom. The van der Waals surface area contributed by atoms with Crippen LogP contribution in [0, 0.1) is 0 Å². The lowest BCUT2D eigenvalue weighted by atomic mass is 10.0. The summed E-state index contributed by atoms with van der Waals surface area (Å²) in [5.74, 6) is -0.235. The molecule has 1 fully saturated rings. The van der Waals surface area contributed by atoms with E-state index in [9.17, 15) is 4.79 Å². The van der Waals surface area contributed by atoms with Gasteiger partial charge in [0, 0.05) is 42.2 Å². The average molecular weight is 425 g/mol. The number of carbonyl (C=O) groups excluding carboxylic acids is 1. The Balaban J connectivity index is 1.68. The van der Waals surface area contributed by atoms with Crippen molar-refractivity contribution in [2.24, 2.45) is 0 Å². The van der Waals surface area contributed by atoms with Crippen LogP contribution in [0.2, 0.25) is 5.02 Å². The van der Waals surface area contributed by atoms with Crippen LogP contribution < -0.4 is 5.32 Å². The molecule has 0 saturated carbocycles. The van der Waals surface area contributed by atoms with E-state index in [0.29, 0.717) is 21.4 Å². The molecule has 0 atom stereocenters. The van der Waals surface area contributed by atoms with Gasteiger partial charge in [-0.05, 0) is 37.5 Å². The number of nitrogens with one attached hydrogen (secondary N) is 1. The molecule has 2 aromatic carbocycles. The van der Waals surface area contributed by atoms with E-state index in [1.807, 2.05) is 53.4 Å². The molecule has 0 bridgehead atoms. The van der Waals surface area contributed by atoms with Crippen molar-refractivity contribution in [1.82, 2.24) is 20.1 Å². The first-order valence-electron chi connectivity index (χ1n) is 9.46. The molecule has 1 amide bonds. The number of carbonyl (C=O) groups is 1. The molecule has 5 nitrogen and oxygen atoms in total. The first kappa shape index (κ1) is 19.8. The number of para-hydroxylation sites is 1. The van der Waals surface area contributed by atoms with E-state index in [2.05, 4.69) is 17.3 Å². The molecule has 0 unspecified atom stereocenters. The summed E-state index contributed by atoms with van der Waals surface area (Å²) in [4.78, 5) is 22.1. The number of rotatable bonds is 2. The highest BCUT2D eigenvalue weighted by molar-refractivity contribution is 7.80. The summed E-state index contributed by atoms with van der Waals surface area (Å²) in [7, 11) is 2.08.